The van der Waals surface area contributed by atoms with E-state index in [1.807, 2.05) is 24.3 Å². The van der Waals surface area contributed by atoms with Crippen LogP contribution < -0.4 is 15.2 Å². The van der Waals surface area contributed by atoms with Gasteiger partial charge in [-0.3, -0.25) is 0 Å². The minimum Gasteiger partial charge on any atom is -0.497 e. The molecule has 2 N–H and O–H groups in total. The third-order valence-corrected chi connectivity index (χ3v) is 3.89. The molecule has 0 aliphatic carbocycles. The predicted molar refractivity (Wildman–Crippen MR) is 75.2 cm³/mol. The van der Waals surface area contributed by atoms with E-state index in [1.165, 1.54) is 0 Å². The van der Waals surface area contributed by atoms with Crippen LogP contribution in [0.4, 0.5) is 0 Å². The van der Waals surface area contributed by atoms with Crippen molar-refractivity contribution in [2.24, 2.45) is 11.1 Å². The Balaban J connectivity index is 2.44. The first-order valence-corrected chi connectivity index (χ1v) is 6.66. The largest absolute Gasteiger partial charge is 0.497 e. The number of rotatable bonds is 8. The standard InChI is InChI=1S/C15H25NO2/c1-4-15(5-2,12-16)10-11-18-14-8-6-13(17-3)7-9-14/h6-9H,4-5,10-12,16H2,1-3H3. The van der Waals surface area contributed by atoms with E-state index in [4.69, 9.17) is 15.2 Å². The van der Waals surface area contributed by atoms with E-state index >= 15 is 0 Å². The average Bonchev–Trinajstić information content (AvgIpc) is 2.45. The highest BCUT2D eigenvalue weighted by Gasteiger charge is 2.23. The number of nitrogens with two attached hydrogens (primary N) is 1. The number of hydrogen-bond donors (Lipinski definition) is 1. The molecule has 0 saturated heterocycles. The second-order valence-corrected chi connectivity index (χ2v) is 4.69. The molecule has 0 atom stereocenters. The van der Waals surface area contributed by atoms with Crippen molar-refractivity contribution in [2.75, 3.05) is 20.3 Å². The summed E-state index contributed by atoms with van der Waals surface area (Å²) in [6, 6.07) is 7.68. The molecule has 0 aliphatic heterocycles. The molecule has 3 heteroatoms. The minimum atomic E-state index is 0.229. The van der Waals surface area contributed by atoms with Crippen LogP contribution in [0.5, 0.6) is 11.5 Å². The van der Waals surface area contributed by atoms with Gasteiger partial charge in [-0.2, -0.15) is 0 Å². The molecule has 0 amide bonds. The highest BCUT2D eigenvalue weighted by molar-refractivity contribution is 5.31. The zero-order chi connectivity index (χ0) is 13.4. The van der Waals surface area contributed by atoms with E-state index < -0.39 is 0 Å². The van der Waals surface area contributed by atoms with Gasteiger partial charge in [0.05, 0.1) is 13.7 Å². The first kappa shape index (κ1) is 14.8. The van der Waals surface area contributed by atoms with Crippen molar-refractivity contribution in [3.63, 3.8) is 0 Å². The number of hydrogen-bond acceptors (Lipinski definition) is 3. The minimum absolute atomic E-state index is 0.229. The van der Waals surface area contributed by atoms with Gasteiger partial charge in [-0.15, -0.1) is 0 Å². The summed E-state index contributed by atoms with van der Waals surface area (Å²) in [4.78, 5) is 0. The maximum atomic E-state index is 5.87. The van der Waals surface area contributed by atoms with Gasteiger partial charge in [0.1, 0.15) is 11.5 Å². The monoisotopic (exact) mass is 251 g/mol. The Bertz CT molecular complexity index is 323. The summed E-state index contributed by atoms with van der Waals surface area (Å²) in [6.45, 7) is 5.84. The Morgan fingerprint density at radius 2 is 1.61 bits per heavy atom. The van der Waals surface area contributed by atoms with E-state index in [-0.39, 0.29) is 5.41 Å². The van der Waals surface area contributed by atoms with Gasteiger partial charge in [-0.25, -0.2) is 0 Å². The fourth-order valence-corrected chi connectivity index (χ4v) is 2.05. The molecule has 1 aromatic rings. The Morgan fingerprint density at radius 1 is 1.06 bits per heavy atom. The van der Waals surface area contributed by atoms with Crippen LogP contribution in [0.3, 0.4) is 0 Å². The van der Waals surface area contributed by atoms with Crippen LogP contribution in [0.15, 0.2) is 24.3 Å². The third kappa shape index (κ3) is 3.91. The van der Waals surface area contributed by atoms with Gasteiger partial charge in [0.25, 0.3) is 0 Å². The lowest BCUT2D eigenvalue weighted by molar-refractivity contribution is 0.187. The van der Waals surface area contributed by atoms with E-state index in [0.717, 1.165) is 37.3 Å². The summed E-state index contributed by atoms with van der Waals surface area (Å²) in [5.74, 6) is 1.73. The molecule has 0 bridgehead atoms. The molecule has 0 fully saturated rings. The third-order valence-electron chi connectivity index (χ3n) is 3.89. The number of benzene rings is 1. The first-order chi connectivity index (χ1) is 8.69. The molecule has 18 heavy (non-hydrogen) atoms. The lowest BCUT2D eigenvalue weighted by Gasteiger charge is -2.29. The molecule has 0 spiro atoms. The SMILES string of the molecule is CCC(CC)(CN)CCOc1ccc(OC)cc1. The molecule has 0 unspecified atom stereocenters. The molecule has 3 nitrogen and oxygen atoms in total. The second kappa shape index (κ2) is 7.27. The highest BCUT2D eigenvalue weighted by Crippen LogP contribution is 2.29. The lowest BCUT2D eigenvalue weighted by Crippen LogP contribution is -2.31. The van der Waals surface area contributed by atoms with E-state index in [2.05, 4.69) is 13.8 Å². The van der Waals surface area contributed by atoms with Crippen molar-refractivity contribution in [1.82, 2.24) is 0 Å². The van der Waals surface area contributed by atoms with Gasteiger partial charge in [0.15, 0.2) is 0 Å². The van der Waals surface area contributed by atoms with E-state index in [0.29, 0.717) is 6.61 Å². The van der Waals surface area contributed by atoms with Gasteiger partial charge in [-0.1, -0.05) is 13.8 Å². The van der Waals surface area contributed by atoms with Crippen molar-refractivity contribution in [3.05, 3.63) is 24.3 Å². The summed E-state index contributed by atoms with van der Waals surface area (Å²) in [7, 11) is 1.66. The van der Waals surface area contributed by atoms with Crippen molar-refractivity contribution < 1.29 is 9.47 Å². The fraction of sp³-hybridized carbons (Fsp3) is 0.600. The molecular weight excluding hydrogens is 226 g/mol. The van der Waals surface area contributed by atoms with Crippen molar-refractivity contribution >= 4 is 0 Å². The molecule has 0 radical (unpaired) electrons. The van der Waals surface area contributed by atoms with Gasteiger partial charge >= 0.3 is 0 Å². The summed E-state index contributed by atoms with van der Waals surface area (Å²) in [5, 5.41) is 0. The highest BCUT2D eigenvalue weighted by atomic mass is 16.5. The zero-order valence-corrected chi connectivity index (χ0v) is 11.7. The molecule has 0 saturated carbocycles. The first-order valence-electron chi connectivity index (χ1n) is 6.66. The van der Waals surface area contributed by atoms with Crippen LogP contribution in [-0.2, 0) is 0 Å². The van der Waals surface area contributed by atoms with Crippen LogP contribution >= 0.6 is 0 Å². The summed E-state index contributed by atoms with van der Waals surface area (Å²) >= 11 is 0. The smallest absolute Gasteiger partial charge is 0.119 e. The normalized spacial score (nSPS) is 11.3. The van der Waals surface area contributed by atoms with Crippen LogP contribution in [0, 0.1) is 5.41 Å². The van der Waals surface area contributed by atoms with Crippen molar-refractivity contribution in [2.45, 2.75) is 33.1 Å². The molecule has 0 aromatic heterocycles. The molecular formula is C15H25NO2. The van der Waals surface area contributed by atoms with E-state index in [9.17, 15) is 0 Å². The molecule has 102 valence electrons. The quantitative estimate of drug-likeness (QED) is 0.771. The molecule has 1 rings (SSSR count). The van der Waals surface area contributed by atoms with Crippen LogP contribution in [0.1, 0.15) is 33.1 Å². The Kier molecular flexibility index (Phi) is 5.99. The van der Waals surface area contributed by atoms with Crippen LogP contribution in [0.25, 0.3) is 0 Å². The van der Waals surface area contributed by atoms with Gasteiger partial charge < -0.3 is 15.2 Å². The maximum absolute atomic E-state index is 5.87. The van der Waals surface area contributed by atoms with Gasteiger partial charge in [0.2, 0.25) is 0 Å². The Morgan fingerprint density at radius 3 is 2.06 bits per heavy atom. The topological polar surface area (TPSA) is 44.5 Å². The van der Waals surface area contributed by atoms with Crippen molar-refractivity contribution in [1.29, 1.82) is 0 Å². The van der Waals surface area contributed by atoms with E-state index in [1.54, 1.807) is 7.11 Å². The lowest BCUT2D eigenvalue weighted by atomic mass is 9.80. The zero-order valence-electron chi connectivity index (χ0n) is 11.7. The fourth-order valence-electron chi connectivity index (χ4n) is 2.05. The Hall–Kier alpha value is -1.22. The second-order valence-electron chi connectivity index (χ2n) is 4.69. The predicted octanol–water partition coefficient (Wildman–Crippen LogP) is 3.23. The van der Waals surface area contributed by atoms with Gasteiger partial charge in [0, 0.05) is 0 Å². The van der Waals surface area contributed by atoms with Gasteiger partial charge in [-0.05, 0) is 55.5 Å². The van der Waals surface area contributed by atoms with Crippen LogP contribution in [0.2, 0.25) is 0 Å². The maximum Gasteiger partial charge on any atom is 0.119 e. The summed E-state index contributed by atoms with van der Waals surface area (Å²) in [6.07, 6.45) is 3.21. The summed E-state index contributed by atoms with van der Waals surface area (Å²) < 4.78 is 10.9. The number of methoxy groups -OCH3 is 1. The van der Waals surface area contributed by atoms with Crippen LogP contribution in [-0.4, -0.2) is 20.3 Å². The molecule has 1 aromatic carbocycles. The molecule has 0 heterocycles. The summed E-state index contributed by atoms with van der Waals surface area (Å²) in [5.41, 5.74) is 6.10. The van der Waals surface area contributed by atoms with Crippen molar-refractivity contribution in [3.8, 4) is 11.5 Å². The number of ether oxygens (including phenoxy) is 2. The molecule has 0 aliphatic rings. The average molecular weight is 251 g/mol. The Labute approximate surface area is 110 Å².